The van der Waals surface area contributed by atoms with Crippen molar-refractivity contribution in [1.29, 1.82) is 0 Å². The molecule has 0 amide bonds. The van der Waals surface area contributed by atoms with Crippen LogP contribution in [0, 0.1) is 38.5 Å². The zero-order valence-electron chi connectivity index (χ0n) is 16.4. The summed E-state index contributed by atoms with van der Waals surface area (Å²) in [6.45, 7) is 15.8. The van der Waals surface area contributed by atoms with Gasteiger partial charge in [-0.25, -0.2) is 0 Å². The Balaban J connectivity index is 3.05. The molecule has 0 aliphatic rings. The molecule has 0 N–H and O–H groups in total. The van der Waals surface area contributed by atoms with Crippen molar-refractivity contribution in [1.82, 2.24) is 0 Å². The third kappa shape index (κ3) is 5.19. The summed E-state index contributed by atoms with van der Waals surface area (Å²) in [6.07, 6.45) is 0.0349. The molecule has 0 spiro atoms. The van der Waals surface area contributed by atoms with Crippen LogP contribution in [-0.4, -0.2) is 17.9 Å². The minimum Gasteiger partial charge on any atom is -0.453 e. The number of carbonyl (C=O) groups is 2. The molecule has 0 aromatic heterocycles. The first kappa shape index (κ1) is 20.4. The first-order valence-corrected chi connectivity index (χ1v) is 8.87. The molecule has 2 atom stereocenters. The van der Waals surface area contributed by atoms with Gasteiger partial charge in [0.05, 0.1) is 5.92 Å². The lowest BCUT2D eigenvalue weighted by Crippen LogP contribution is -2.35. The van der Waals surface area contributed by atoms with E-state index in [0.29, 0.717) is 11.5 Å². The zero-order valence-corrected chi connectivity index (χ0v) is 16.4. The molecule has 0 saturated heterocycles. The number of rotatable bonds is 7. The topological polar surface area (TPSA) is 43.4 Å². The van der Waals surface area contributed by atoms with Gasteiger partial charge in [0, 0.05) is 5.56 Å². The molecule has 0 saturated carbocycles. The lowest BCUT2D eigenvalue weighted by atomic mass is 9.90. The smallest absolute Gasteiger partial charge is 0.309 e. The van der Waals surface area contributed by atoms with Crippen LogP contribution in [0.3, 0.4) is 0 Å². The molecule has 134 valence electrons. The van der Waals surface area contributed by atoms with Crippen LogP contribution in [0.4, 0.5) is 0 Å². The van der Waals surface area contributed by atoms with Gasteiger partial charge in [-0.3, -0.25) is 9.59 Å². The van der Waals surface area contributed by atoms with E-state index in [2.05, 4.69) is 13.8 Å². The summed E-state index contributed by atoms with van der Waals surface area (Å²) in [4.78, 5) is 25.4. The van der Waals surface area contributed by atoms with Gasteiger partial charge in [-0.1, -0.05) is 52.3 Å². The fraction of sp³-hybridized carbons (Fsp3) is 0.619. The molecule has 0 fully saturated rings. The summed E-state index contributed by atoms with van der Waals surface area (Å²) in [7, 11) is 0. The van der Waals surface area contributed by atoms with Gasteiger partial charge in [0.1, 0.15) is 0 Å². The molecule has 0 radical (unpaired) electrons. The number of hydrogen-bond acceptors (Lipinski definition) is 3. The standard InChI is InChI=1S/C21H32O3/c1-12(2)9-17(8)21(23)24-20(13(3)4)19(22)18-15(6)10-14(5)11-16(18)7/h10-13,17,20H,9H2,1-8H3. The number of Topliss-reactive ketones (excluding diaryl/α,β-unsaturated/α-hetero) is 1. The Morgan fingerprint density at radius 3 is 1.88 bits per heavy atom. The number of carbonyl (C=O) groups excluding carboxylic acids is 2. The Kier molecular flexibility index (Phi) is 7.19. The summed E-state index contributed by atoms with van der Waals surface area (Å²) in [5, 5.41) is 0. The highest BCUT2D eigenvalue weighted by Crippen LogP contribution is 2.23. The molecule has 1 aromatic rings. The lowest BCUT2D eigenvalue weighted by Gasteiger charge is -2.24. The molecule has 0 bridgehead atoms. The van der Waals surface area contributed by atoms with Crippen LogP contribution < -0.4 is 0 Å². The number of ketones is 1. The van der Waals surface area contributed by atoms with Crippen molar-refractivity contribution < 1.29 is 14.3 Å². The highest BCUT2D eigenvalue weighted by atomic mass is 16.5. The average molecular weight is 332 g/mol. The summed E-state index contributed by atoms with van der Waals surface area (Å²) in [6, 6.07) is 4.00. The molecule has 3 nitrogen and oxygen atoms in total. The molecule has 2 unspecified atom stereocenters. The van der Waals surface area contributed by atoms with Crippen LogP contribution in [0.2, 0.25) is 0 Å². The van der Waals surface area contributed by atoms with Gasteiger partial charge < -0.3 is 4.74 Å². The minimum absolute atomic E-state index is 0.0622. The summed E-state index contributed by atoms with van der Waals surface area (Å²) < 4.78 is 5.64. The lowest BCUT2D eigenvalue weighted by molar-refractivity contribution is -0.153. The minimum atomic E-state index is -0.729. The molecule has 1 rings (SSSR count). The molecule has 0 aliphatic heterocycles. The summed E-state index contributed by atoms with van der Waals surface area (Å²) in [5.74, 6) is -0.210. The Morgan fingerprint density at radius 1 is 0.958 bits per heavy atom. The third-order valence-electron chi connectivity index (χ3n) is 4.26. The van der Waals surface area contributed by atoms with Crippen molar-refractivity contribution in [2.75, 3.05) is 0 Å². The van der Waals surface area contributed by atoms with Gasteiger partial charge >= 0.3 is 5.97 Å². The third-order valence-corrected chi connectivity index (χ3v) is 4.26. The number of aryl methyl sites for hydroxylation is 3. The molecule has 0 heterocycles. The van der Waals surface area contributed by atoms with E-state index in [1.165, 1.54) is 0 Å². The van der Waals surface area contributed by atoms with Crippen LogP contribution in [0.5, 0.6) is 0 Å². The zero-order chi connectivity index (χ0) is 18.6. The van der Waals surface area contributed by atoms with Gasteiger partial charge in [-0.2, -0.15) is 0 Å². The van der Waals surface area contributed by atoms with E-state index in [4.69, 9.17) is 4.74 Å². The summed E-state index contributed by atoms with van der Waals surface area (Å²) in [5.41, 5.74) is 3.69. The highest BCUT2D eigenvalue weighted by molar-refractivity contribution is 6.03. The Morgan fingerprint density at radius 2 is 1.46 bits per heavy atom. The van der Waals surface area contributed by atoms with Crippen LogP contribution in [0.1, 0.15) is 68.1 Å². The quantitative estimate of drug-likeness (QED) is 0.518. The van der Waals surface area contributed by atoms with Crippen LogP contribution in [0.25, 0.3) is 0 Å². The number of benzene rings is 1. The van der Waals surface area contributed by atoms with E-state index in [9.17, 15) is 9.59 Å². The Hall–Kier alpha value is -1.64. The van der Waals surface area contributed by atoms with Gasteiger partial charge in [-0.15, -0.1) is 0 Å². The molecular weight excluding hydrogens is 300 g/mol. The van der Waals surface area contributed by atoms with E-state index in [1.807, 2.05) is 53.7 Å². The van der Waals surface area contributed by atoms with Crippen molar-refractivity contribution in [3.63, 3.8) is 0 Å². The normalized spacial score (nSPS) is 13.9. The highest BCUT2D eigenvalue weighted by Gasteiger charge is 2.31. The van der Waals surface area contributed by atoms with Crippen LogP contribution >= 0.6 is 0 Å². The van der Waals surface area contributed by atoms with Gasteiger partial charge in [0.25, 0.3) is 0 Å². The maximum atomic E-state index is 13.0. The average Bonchev–Trinajstić information content (AvgIpc) is 2.41. The number of esters is 1. The maximum absolute atomic E-state index is 13.0. The first-order chi connectivity index (χ1) is 11.0. The largest absolute Gasteiger partial charge is 0.453 e. The van der Waals surface area contributed by atoms with Gasteiger partial charge in [-0.05, 0) is 50.2 Å². The second-order valence-corrected chi connectivity index (χ2v) is 7.77. The van der Waals surface area contributed by atoms with Crippen LogP contribution in [0.15, 0.2) is 12.1 Å². The van der Waals surface area contributed by atoms with Crippen molar-refractivity contribution in [2.45, 2.75) is 67.9 Å². The summed E-state index contributed by atoms with van der Waals surface area (Å²) >= 11 is 0. The first-order valence-electron chi connectivity index (χ1n) is 8.87. The van der Waals surface area contributed by atoms with Crippen LogP contribution in [-0.2, 0) is 9.53 Å². The van der Waals surface area contributed by atoms with Gasteiger partial charge in [0.15, 0.2) is 6.10 Å². The fourth-order valence-corrected chi connectivity index (χ4v) is 3.25. The van der Waals surface area contributed by atoms with Crippen molar-refractivity contribution in [3.05, 3.63) is 34.4 Å². The monoisotopic (exact) mass is 332 g/mol. The number of hydrogen-bond donors (Lipinski definition) is 0. The predicted molar refractivity (Wildman–Crippen MR) is 98.3 cm³/mol. The van der Waals surface area contributed by atoms with E-state index in [1.54, 1.807) is 0 Å². The van der Waals surface area contributed by atoms with E-state index >= 15 is 0 Å². The van der Waals surface area contributed by atoms with E-state index in [0.717, 1.165) is 23.1 Å². The Labute approximate surface area is 146 Å². The van der Waals surface area contributed by atoms with Crippen molar-refractivity contribution in [3.8, 4) is 0 Å². The SMILES string of the molecule is Cc1cc(C)c(C(=O)C(OC(=O)C(C)CC(C)C)C(C)C)c(C)c1. The molecule has 3 heteroatoms. The van der Waals surface area contributed by atoms with E-state index in [-0.39, 0.29) is 23.6 Å². The van der Waals surface area contributed by atoms with Crippen molar-refractivity contribution >= 4 is 11.8 Å². The van der Waals surface area contributed by atoms with E-state index < -0.39 is 6.10 Å². The molecule has 0 aliphatic carbocycles. The molecule has 1 aromatic carbocycles. The molecule has 24 heavy (non-hydrogen) atoms. The Bertz CT molecular complexity index is 576. The maximum Gasteiger partial charge on any atom is 0.309 e. The van der Waals surface area contributed by atoms with Crippen molar-refractivity contribution in [2.24, 2.45) is 17.8 Å². The number of ether oxygens (including phenoxy) is 1. The second-order valence-electron chi connectivity index (χ2n) is 7.77. The predicted octanol–water partition coefficient (Wildman–Crippen LogP) is 5.04. The molecular formula is C21H32O3. The fourth-order valence-electron chi connectivity index (χ4n) is 3.25. The van der Waals surface area contributed by atoms with Gasteiger partial charge in [0.2, 0.25) is 5.78 Å². The second kappa shape index (κ2) is 8.46.